The van der Waals surface area contributed by atoms with Crippen LogP contribution in [-0.2, 0) is 14.3 Å². The number of ether oxygens (including phenoxy) is 3. The van der Waals surface area contributed by atoms with E-state index in [4.69, 9.17) is 29.4 Å². The van der Waals surface area contributed by atoms with E-state index in [-0.39, 0.29) is 11.5 Å². The Labute approximate surface area is 274 Å². The predicted octanol–water partition coefficient (Wildman–Crippen LogP) is 7.27. The molecule has 1 fully saturated rings. The highest BCUT2D eigenvalue weighted by molar-refractivity contribution is 5.86. The number of nitrogens with zero attached hydrogens (tertiary/aromatic N) is 5. The molecule has 246 valence electrons. The molecule has 0 unspecified atom stereocenters. The maximum absolute atomic E-state index is 13.7. The van der Waals surface area contributed by atoms with E-state index < -0.39 is 17.7 Å². The van der Waals surface area contributed by atoms with Crippen molar-refractivity contribution in [1.29, 1.82) is 5.26 Å². The fourth-order valence-electron chi connectivity index (χ4n) is 5.49. The summed E-state index contributed by atoms with van der Waals surface area (Å²) >= 11 is 0. The number of hydrogen-bond acceptors (Lipinski definition) is 9. The smallest absolute Gasteiger partial charge is 0.340 e. The summed E-state index contributed by atoms with van der Waals surface area (Å²) in [6.07, 6.45) is 4.55. The molecule has 9 heteroatoms. The first-order valence-corrected chi connectivity index (χ1v) is 16.1. The second kappa shape index (κ2) is 14.5. The summed E-state index contributed by atoms with van der Waals surface area (Å²) in [5.74, 6) is 0.307. The van der Waals surface area contributed by atoms with Gasteiger partial charge in [0.2, 0.25) is 0 Å². The minimum atomic E-state index is -0.943. The van der Waals surface area contributed by atoms with Crippen LogP contribution in [0.1, 0.15) is 84.2 Å². The van der Waals surface area contributed by atoms with Gasteiger partial charge in [-0.25, -0.2) is 4.79 Å². The van der Waals surface area contributed by atoms with Crippen molar-refractivity contribution in [2.75, 3.05) is 43.1 Å². The molecule has 1 aliphatic rings. The molecule has 0 N–H and O–H groups in total. The van der Waals surface area contributed by atoms with Crippen LogP contribution in [0.4, 0.5) is 11.4 Å². The average Bonchev–Trinajstić information content (AvgIpc) is 2.99. The highest BCUT2D eigenvalue weighted by atomic mass is 16.6. The largest absolute Gasteiger partial charge is 0.492 e. The van der Waals surface area contributed by atoms with Crippen LogP contribution in [0.2, 0.25) is 0 Å². The molecule has 0 radical (unpaired) electrons. The quantitative estimate of drug-likeness (QED) is 0.203. The number of esters is 1. The van der Waals surface area contributed by atoms with E-state index in [2.05, 4.69) is 29.7 Å². The van der Waals surface area contributed by atoms with Crippen molar-refractivity contribution in [1.82, 2.24) is 9.97 Å². The molecule has 1 saturated heterocycles. The van der Waals surface area contributed by atoms with Gasteiger partial charge in [-0.1, -0.05) is 13.8 Å². The molecular formula is C37H49N5O4. The van der Waals surface area contributed by atoms with Crippen LogP contribution in [0.5, 0.6) is 5.75 Å². The average molecular weight is 628 g/mol. The van der Waals surface area contributed by atoms with Gasteiger partial charge in [-0.15, -0.1) is 0 Å². The Bertz CT molecular complexity index is 1510. The van der Waals surface area contributed by atoms with E-state index in [1.165, 1.54) is 0 Å². The van der Waals surface area contributed by atoms with Gasteiger partial charge in [0.25, 0.3) is 0 Å². The number of pyridine rings is 2. The Balaban J connectivity index is 1.67. The first-order chi connectivity index (χ1) is 21.7. The Morgan fingerprint density at radius 3 is 2.30 bits per heavy atom. The topological polar surface area (TPSA) is 101 Å². The molecule has 9 nitrogen and oxygen atoms in total. The molecule has 3 heterocycles. The second-order valence-corrected chi connectivity index (χ2v) is 14.1. The molecule has 0 aliphatic carbocycles. The number of anilines is 2. The summed E-state index contributed by atoms with van der Waals surface area (Å²) < 4.78 is 18.1. The van der Waals surface area contributed by atoms with Crippen molar-refractivity contribution in [3.63, 3.8) is 0 Å². The lowest BCUT2D eigenvalue weighted by Crippen LogP contribution is -2.39. The van der Waals surface area contributed by atoms with E-state index >= 15 is 0 Å². The zero-order valence-electron chi connectivity index (χ0n) is 28.9. The molecule has 1 atom stereocenters. The van der Waals surface area contributed by atoms with E-state index in [1.54, 1.807) is 24.3 Å². The Morgan fingerprint density at radius 2 is 1.74 bits per heavy atom. The van der Waals surface area contributed by atoms with Gasteiger partial charge in [-0.2, -0.15) is 5.26 Å². The SMILES string of the molecule is Cc1ncc(-c2ccc(N(C)CCOc3ccc(C#N)cc3)cn2)c(N2CCC(C)(C)CC2)c1[C@H](OC(C)(C)C)C(=O)OC(C)C. The van der Waals surface area contributed by atoms with Crippen LogP contribution in [0, 0.1) is 23.7 Å². The molecular weight excluding hydrogens is 578 g/mol. The van der Waals surface area contributed by atoms with Crippen molar-refractivity contribution < 1.29 is 19.0 Å². The summed E-state index contributed by atoms with van der Waals surface area (Å²) in [7, 11) is 2.00. The van der Waals surface area contributed by atoms with E-state index in [1.807, 2.05) is 73.1 Å². The summed E-state index contributed by atoms with van der Waals surface area (Å²) in [6.45, 7) is 18.9. The zero-order chi connectivity index (χ0) is 33.6. The fourth-order valence-corrected chi connectivity index (χ4v) is 5.49. The van der Waals surface area contributed by atoms with E-state index in [9.17, 15) is 4.79 Å². The van der Waals surface area contributed by atoms with Gasteiger partial charge >= 0.3 is 5.97 Å². The van der Waals surface area contributed by atoms with Crippen molar-refractivity contribution >= 4 is 17.3 Å². The van der Waals surface area contributed by atoms with Gasteiger partial charge in [0.05, 0.1) is 53.1 Å². The monoisotopic (exact) mass is 627 g/mol. The number of benzene rings is 1. The number of aryl methyl sites for hydroxylation is 1. The number of carbonyl (C=O) groups is 1. The lowest BCUT2D eigenvalue weighted by atomic mass is 9.82. The molecule has 1 aliphatic heterocycles. The number of nitriles is 1. The fraction of sp³-hybridized carbons (Fsp3) is 0.514. The van der Waals surface area contributed by atoms with E-state index in [0.29, 0.717) is 18.7 Å². The second-order valence-electron chi connectivity index (χ2n) is 14.1. The number of piperidine rings is 1. The molecule has 3 aromatic rings. The van der Waals surface area contributed by atoms with Crippen LogP contribution < -0.4 is 14.5 Å². The molecule has 0 saturated carbocycles. The minimum Gasteiger partial charge on any atom is -0.492 e. The van der Waals surface area contributed by atoms with Crippen LogP contribution in [0.15, 0.2) is 48.8 Å². The van der Waals surface area contributed by atoms with Gasteiger partial charge in [0.15, 0.2) is 6.10 Å². The Kier molecular flexibility index (Phi) is 10.9. The lowest BCUT2D eigenvalue weighted by molar-refractivity contribution is -0.171. The zero-order valence-corrected chi connectivity index (χ0v) is 28.9. The van der Waals surface area contributed by atoms with Crippen molar-refractivity contribution in [3.05, 3.63) is 65.6 Å². The summed E-state index contributed by atoms with van der Waals surface area (Å²) in [5, 5.41) is 9.00. The molecule has 1 aromatic carbocycles. The van der Waals surface area contributed by atoms with Gasteiger partial charge in [0, 0.05) is 43.2 Å². The third-order valence-electron chi connectivity index (χ3n) is 8.16. The van der Waals surface area contributed by atoms with Crippen LogP contribution >= 0.6 is 0 Å². The lowest BCUT2D eigenvalue weighted by Gasteiger charge is -2.41. The summed E-state index contributed by atoms with van der Waals surface area (Å²) in [6, 6.07) is 13.3. The number of hydrogen-bond donors (Lipinski definition) is 0. The van der Waals surface area contributed by atoms with Crippen LogP contribution in [-0.4, -0.2) is 60.9 Å². The van der Waals surface area contributed by atoms with E-state index in [0.717, 1.165) is 65.6 Å². The van der Waals surface area contributed by atoms with Crippen molar-refractivity contribution in [2.45, 2.75) is 86.0 Å². The predicted molar refractivity (Wildman–Crippen MR) is 182 cm³/mol. The molecule has 0 spiro atoms. The van der Waals surface area contributed by atoms with Gasteiger partial charge in [0.1, 0.15) is 12.4 Å². The number of aromatic nitrogens is 2. The number of carbonyl (C=O) groups excluding carboxylic acids is 1. The third kappa shape index (κ3) is 8.97. The molecule has 4 rings (SSSR count). The van der Waals surface area contributed by atoms with Gasteiger partial charge in [-0.3, -0.25) is 9.97 Å². The maximum atomic E-state index is 13.7. The third-order valence-corrected chi connectivity index (χ3v) is 8.16. The molecule has 0 bridgehead atoms. The number of rotatable bonds is 11. The van der Waals surface area contributed by atoms with Gasteiger partial charge in [-0.05, 0) is 96.2 Å². The maximum Gasteiger partial charge on any atom is 0.340 e. The molecule has 2 aromatic heterocycles. The molecule has 0 amide bonds. The van der Waals surface area contributed by atoms with Crippen LogP contribution in [0.25, 0.3) is 11.3 Å². The molecule has 46 heavy (non-hydrogen) atoms. The van der Waals surface area contributed by atoms with Gasteiger partial charge < -0.3 is 24.0 Å². The highest BCUT2D eigenvalue weighted by Crippen LogP contribution is 2.43. The minimum absolute atomic E-state index is 0.241. The summed E-state index contributed by atoms with van der Waals surface area (Å²) in [4.78, 5) is 27.8. The van der Waals surface area contributed by atoms with Crippen LogP contribution in [0.3, 0.4) is 0 Å². The first-order valence-electron chi connectivity index (χ1n) is 16.1. The Morgan fingerprint density at radius 1 is 1.07 bits per heavy atom. The highest BCUT2D eigenvalue weighted by Gasteiger charge is 2.37. The standard InChI is InChI=1S/C37H49N5O4/c1-25(2)45-35(43)34(46-36(4,5)6)32-26(3)39-24-30(33(32)42-18-16-37(7,8)17-19-42)31-15-12-28(23-40-31)41(9)20-21-44-29-13-10-27(22-38)11-14-29/h10-15,23-25,34H,16-21H2,1-9H3/t34-/m0/s1. The normalized spacial score (nSPS) is 15.3. The number of likely N-dealkylation sites (N-methyl/N-ethyl adjacent to an activating group) is 1. The van der Waals surface area contributed by atoms with Crippen molar-refractivity contribution in [3.8, 4) is 23.1 Å². The summed E-state index contributed by atoms with van der Waals surface area (Å²) in [5.41, 5.74) is 5.23. The first kappa shape index (κ1) is 34.7. The Hall–Kier alpha value is -4.16. The van der Waals surface area contributed by atoms with Crippen molar-refractivity contribution in [2.24, 2.45) is 5.41 Å².